The van der Waals surface area contributed by atoms with Crippen LogP contribution in [0.15, 0.2) is 0 Å². The van der Waals surface area contributed by atoms with Crippen LogP contribution < -0.4 is 0 Å². The highest BCUT2D eigenvalue weighted by molar-refractivity contribution is 9.25. The molecule has 0 bridgehead atoms. The van der Waals surface area contributed by atoms with Crippen molar-refractivity contribution in [3.63, 3.8) is 0 Å². The van der Waals surface area contributed by atoms with E-state index in [1.165, 1.54) is 0 Å². The van der Waals surface area contributed by atoms with Gasteiger partial charge in [-0.1, -0.05) is 45.2 Å². The summed E-state index contributed by atoms with van der Waals surface area (Å²) in [6.07, 6.45) is 0.379. The van der Waals surface area contributed by atoms with Crippen LogP contribution in [0.25, 0.3) is 0 Å². The lowest BCUT2D eigenvalue weighted by Crippen LogP contribution is -2.73. The predicted molar refractivity (Wildman–Crippen MR) is 59.2 cm³/mol. The maximum absolute atomic E-state index is 9.52. The predicted octanol–water partition coefficient (Wildman–Crippen LogP) is -1.73. The zero-order valence-corrected chi connectivity index (χ0v) is 11.5. The molecule has 0 aromatic carbocycles. The second-order valence-electron chi connectivity index (χ2n) is 3.43. The van der Waals surface area contributed by atoms with Gasteiger partial charge in [-0.3, -0.25) is 0 Å². The second kappa shape index (κ2) is 4.75. The van der Waals surface area contributed by atoms with Gasteiger partial charge in [0.05, 0.1) is 0 Å². The minimum absolute atomic E-state index is 0.0149. The average Bonchev–Trinajstić information content (AvgIpc) is 2.01. The maximum atomic E-state index is 9.52. The van der Waals surface area contributed by atoms with Crippen LogP contribution in [-0.2, 0) is 0 Å². The zero-order valence-electron chi connectivity index (χ0n) is 8.30. The normalized spacial score (nSPS) is 15.4. The van der Waals surface area contributed by atoms with Gasteiger partial charge in [-0.15, -0.1) is 0 Å². The lowest BCUT2D eigenvalue weighted by atomic mass is 9.97. The molecule has 9 heteroatoms. The van der Waals surface area contributed by atoms with Crippen molar-refractivity contribution in [3.05, 3.63) is 0 Å². The van der Waals surface area contributed by atoms with Crippen LogP contribution in [-0.4, -0.2) is 56.5 Å². The number of rotatable bonds is 5. The highest BCUT2D eigenvalue weighted by Gasteiger charge is 2.68. The van der Waals surface area contributed by atoms with E-state index in [1.807, 2.05) is 0 Å². The summed E-state index contributed by atoms with van der Waals surface area (Å²) in [6, 6.07) is 0. The van der Waals surface area contributed by atoms with E-state index in [9.17, 15) is 20.4 Å². The van der Waals surface area contributed by atoms with Gasteiger partial charge in [-0.05, 0) is 6.42 Å². The molecule has 98 valence electrons. The second-order valence-corrected chi connectivity index (χ2v) is 7.21. The topological polar surface area (TPSA) is 142 Å². The smallest absolute Gasteiger partial charge is 0.338 e. The highest BCUT2D eigenvalue weighted by Crippen LogP contribution is 2.47. The first-order valence-corrected chi connectivity index (χ1v) is 5.84. The van der Waals surface area contributed by atoms with E-state index in [0.717, 1.165) is 0 Å². The molecule has 0 aromatic heterocycles. The molecule has 0 saturated heterocycles. The molecule has 0 radical (unpaired) electrons. The van der Waals surface area contributed by atoms with Gasteiger partial charge in [0.15, 0.2) is 0 Å². The molecular weight excluding hydrogens is 356 g/mol. The summed E-state index contributed by atoms with van der Waals surface area (Å²) in [5.41, 5.74) is 0. The molecule has 0 aromatic rings. The number of hydrogen-bond donors (Lipinski definition) is 7. The average molecular weight is 370 g/mol. The van der Waals surface area contributed by atoms with Gasteiger partial charge < -0.3 is 35.7 Å². The zero-order chi connectivity index (χ0) is 13.4. The van der Waals surface area contributed by atoms with E-state index < -0.39 is 20.8 Å². The molecule has 0 rings (SSSR count). The third-order valence-electron chi connectivity index (χ3n) is 2.03. The van der Waals surface area contributed by atoms with Crippen molar-refractivity contribution in [2.75, 3.05) is 0 Å². The molecule has 0 aliphatic rings. The SMILES string of the molecule is CCCC(Br)(Br)C(O)(O)C(O)(O)C(O)(O)O. The van der Waals surface area contributed by atoms with Crippen LogP contribution in [0.4, 0.5) is 0 Å². The number of halogens is 2. The van der Waals surface area contributed by atoms with Crippen molar-refractivity contribution in [2.24, 2.45) is 0 Å². The van der Waals surface area contributed by atoms with Crippen LogP contribution in [0.1, 0.15) is 19.8 Å². The van der Waals surface area contributed by atoms with Gasteiger partial charge in [0, 0.05) is 0 Å². The number of aliphatic hydroxyl groups is 7. The molecule has 7 N–H and O–H groups in total. The van der Waals surface area contributed by atoms with Crippen molar-refractivity contribution < 1.29 is 35.7 Å². The van der Waals surface area contributed by atoms with E-state index >= 15 is 0 Å². The molecule has 0 heterocycles. The summed E-state index contributed by atoms with van der Waals surface area (Å²) in [5, 5.41) is 63.4. The summed E-state index contributed by atoms with van der Waals surface area (Å²) >= 11 is 5.51. The Morgan fingerprint density at radius 1 is 0.812 bits per heavy atom. The van der Waals surface area contributed by atoms with Crippen LogP contribution in [0.5, 0.6) is 0 Å². The fraction of sp³-hybridized carbons (Fsp3) is 1.00. The highest BCUT2D eigenvalue weighted by atomic mass is 79.9. The quantitative estimate of drug-likeness (QED) is 0.225. The van der Waals surface area contributed by atoms with E-state index in [-0.39, 0.29) is 6.42 Å². The van der Waals surface area contributed by atoms with Gasteiger partial charge in [0.25, 0.3) is 5.79 Å². The maximum Gasteiger partial charge on any atom is 0.338 e. The Morgan fingerprint density at radius 3 is 1.44 bits per heavy atom. The third-order valence-corrected chi connectivity index (χ3v) is 3.93. The van der Waals surface area contributed by atoms with Crippen LogP contribution in [0.3, 0.4) is 0 Å². The minimum atomic E-state index is -4.11. The molecule has 0 unspecified atom stereocenters. The number of alkyl halides is 2. The Bertz CT molecular complexity index is 246. The molecule has 0 fully saturated rings. The van der Waals surface area contributed by atoms with Gasteiger partial charge in [-0.2, -0.15) is 0 Å². The first-order chi connectivity index (χ1) is 6.81. The van der Waals surface area contributed by atoms with Crippen LogP contribution >= 0.6 is 31.9 Å². The Hall–Kier alpha value is 0.680. The van der Waals surface area contributed by atoms with Crippen LogP contribution in [0.2, 0.25) is 0 Å². The molecule has 0 atom stereocenters. The van der Waals surface area contributed by atoms with E-state index in [4.69, 9.17) is 15.3 Å². The van der Waals surface area contributed by atoms with Gasteiger partial charge >= 0.3 is 11.8 Å². The van der Waals surface area contributed by atoms with Gasteiger partial charge in [0.2, 0.25) is 0 Å². The monoisotopic (exact) mass is 368 g/mol. The fourth-order valence-corrected chi connectivity index (χ4v) is 2.32. The molecule has 0 spiro atoms. The van der Waals surface area contributed by atoms with Crippen molar-refractivity contribution in [3.8, 4) is 0 Å². The van der Waals surface area contributed by atoms with Crippen molar-refractivity contribution >= 4 is 31.9 Å². The van der Waals surface area contributed by atoms with Crippen LogP contribution in [0, 0.1) is 0 Å². The fourth-order valence-electron chi connectivity index (χ4n) is 0.977. The Balaban J connectivity index is 5.34. The van der Waals surface area contributed by atoms with Crippen molar-refractivity contribution in [2.45, 2.75) is 40.5 Å². The lowest BCUT2D eigenvalue weighted by Gasteiger charge is -2.45. The third kappa shape index (κ3) is 2.74. The summed E-state index contributed by atoms with van der Waals surface area (Å²) in [6.45, 7) is 1.66. The first-order valence-electron chi connectivity index (χ1n) is 4.25. The minimum Gasteiger partial charge on any atom is -0.359 e. The standard InChI is InChI=1S/C7H14Br2O7/c1-2-3-4(8,9)5(10,11)6(12,13)7(14,15)16/h10-16H,2-3H2,1H3. The van der Waals surface area contributed by atoms with Gasteiger partial charge in [0.1, 0.15) is 3.23 Å². The molecule has 0 amide bonds. The lowest BCUT2D eigenvalue weighted by molar-refractivity contribution is -0.509. The Labute approximate surface area is 108 Å². The summed E-state index contributed by atoms with van der Waals surface area (Å²) in [4.78, 5) is 0. The summed E-state index contributed by atoms with van der Waals surface area (Å²) in [5.74, 6) is -11.6. The summed E-state index contributed by atoms with van der Waals surface area (Å²) < 4.78 is -1.86. The first kappa shape index (κ1) is 16.7. The summed E-state index contributed by atoms with van der Waals surface area (Å²) in [7, 11) is 0. The molecular formula is C7H14Br2O7. The Kier molecular flexibility index (Phi) is 4.95. The molecule has 0 aliphatic carbocycles. The largest absolute Gasteiger partial charge is 0.359 e. The Morgan fingerprint density at radius 2 is 1.19 bits per heavy atom. The number of hydrogen-bond acceptors (Lipinski definition) is 7. The molecule has 16 heavy (non-hydrogen) atoms. The molecule has 0 aliphatic heterocycles. The van der Waals surface area contributed by atoms with Crippen molar-refractivity contribution in [1.29, 1.82) is 0 Å². The van der Waals surface area contributed by atoms with E-state index in [1.54, 1.807) is 6.92 Å². The van der Waals surface area contributed by atoms with E-state index in [0.29, 0.717) is 6.42 Å². The van der Waals surface area contributed by atoms with E-state index in [2.05, 4.69) is 31.9 Å². The molecule has 0 saturated carbocycles. The van der Waals surface area contributed by atoms with Crippen molar-refractivity contribution in [1.82, 2.24) is 0 Å². The van der Waals surface area contributed by atoms with Gasteiger partial charge in [-0.25, -0.2) is 0 Å². The molecule has 7 nitrogen and oxygen atoms in total.